The number of H-pyrrole nitrogens is 1. The van der Waals surface area contributed by atoms with Crippen molar-refractivity contribution >= 4 is 0 Å². The van der Waals surface area contributed by atoms with E-state index in [9.17, 15) is 13.2 Å². The highest BCUT2D eigenvalue weighted by Crippen LogP contribution is 2.33. The van der Waals surface area contributed by atoms with Crippen LogP contribution in [0.4, 0.5) is 13.2 Å². The first kappa shape index (κ1) is 12.7. The summed E-state index contributed by atoms with van der Waals surface area (Å²) in [5.74, 6) is 0.555. The van der Waals surface area contributed by atoms with Crippen LogP contribution in [0.5, 0.6) is 0 Å². The van der Waals surface area contributed by atoms with Gasteiger partial charge in [-0.2, -0.15) is 13.2 Å². The Bertz CT molecular complexity index is 503. The molecular weight excluding hydrogens is 241 g/mol. The number of rotatable bonds is 3. The molecule has 1 N–H and O–H groups in total. The Morgan fingerprint density at radius 1 is 1.33 bits per heavy atom. The number of imidazole rings is 1. The number of halogens is 3. The minimum atomic E-state index is -4.31. The highest BCUT2D eigenvalue weighted by Gasteiger charge is 2.31. The lowest BCUT2D eigenvalue weighted by atomic mass is 9.94. The number of aromatic amines is 1. The molecule has 1 heterocycles. The molecule has 96 valence electrons. The average Bonchev–Trinajstić information content (AvgIpc) is 2.83. The molecule has 0 amide bonds. The van der Waals surface area contributed by atoms with Crippen LogP contribution in [-0.2, 0) is 6.18 Å². The molecule has 0 aliphatic heterocycles. The second-order valence-electron chi connectivity index (χ2n) is 4.06. The Balaban J connectivity index is 2.38. The van der Waals surface area contributed by atoms with E-state index in [0.717, 1.165) is 6.07 Å². The lowest BCUT2D eigenvalue weighted by Crippen LogP contribution is -2.08. The van der Waals surface area contributed by atoms with Crippen LogP contribution < -0.4 is 0 Å². The fraction of sp³-hybridized carbons (Fsp3) is 0.308. The van der Waals surface area contributed by atoms with Gasteiger partial charge in [0.05, 0.1) is 5.56 Å². The van der Waals surface area contributed by atoms with Gasteiger partial charge in [0.1, 0.15) is 5.82 Å². The third-order valence-electron chi connectivity index (χ3n) is 2.87. The minimum Gasteiger partial charge on any atom is -0.348 e. The molecule has 2 rings (SSSR count). The molecule has 5 heteroatoms. The Morgan fingerprint density at radius 3 is 2.67 bits per heavy atom. The molecular formula is C13H13F3N2. The maximum atomic E-state index is 12.7. The summed E-state index contributed by atoms with van der Waals surface area (Å²) < 4.78 is 38.0. The summed E-state index contributed by atoms with van der Waals surface area (Å²) in [4.78, 5) is 7.07. The van der Waals surface area contributed by atoms with Crippen molar-refractivity contribution in [3.63, 3.8) is 0 Å². The monoisotopic (exact) mass is 254 g/mol. The van der Waals surface area contributed by atoms with Gasteiger partial charge in [0.2, 0.25) is 0 Å². The van der Waals surface area contributed by atoms with Gasteiger partial charge in [-0.3, -0.25) is 0 Å². The van der Waals surface area contributed by atoms with Crippen molar-refractivity contribution in [3.8, 4) is 0 Å². The third-order valence-corrected chi connectivity index (χ3v) is 2.87. The molecule has 1 aromatic carbocycles. The molecule has 0 radical (unpaired) electrons. The van der Waals surface area contributed by atoms with Crippen LogP contribution >= 0.6 is 0 Å². The van der Waals surface area contributed by atoms with E-state index in [2.05, 4.69) is 9.97 Å². The van der Waals surface area contributed by atoms with E-state index in [1.54, 1.807) is 18.5 Å². The maximum Gasteiger partial charge on any atom is 0.416 e. The third kappa shape index (κ3) is 2.55. The zero-order valence-corrected chi connectivity index (χ0v) is 9.83. The lowest BCUT2D eigenvalue weighted by Gasteiger charge is -2.15. The molecule has 0 saturated carbocycles. The molecule has 2 aromatic rings. The number of hydrogen-bond acceptors (Lipinski definition) is 1. The van der Waals surface area contributed by atoms with Gasteiger partial charge < -0.3 is 4.98 Å². The fourth-order valence-electron chi connectivity index (χ4n) is 1.99. The Morgan fingerprint density at radius 2 is 2.11 bits per heavy atom. The first-order chi connectivity index (χ1) is 8.52. The number of aromatic nitrogens is 2. The van der Waals surface area contributed by atoms with E-state index in [-0.39, 0.29) is 5.92 Å². The second kappa shape index (κ2) is 4.84. The smallest absolute Gasteiger partial charge is 0.348 e. The van der Waals surface area contributed by atoms with Gasteiger partial charge in [-0.25, -0.2) is 4.98 Å². The van der Waals surface area contributed by atoms with E-state index < -0.39 is 11.7 Å². The lowest BCUT2D eigenvalue weighted by molar-refractivity contribution is -0.137. The molecule has 0 bridgehead atoms. The van der Waals surface area contributed by atoms with Crippen molar-refractivity contribution in [3.05, 3.63) is 53.6 Å². The van der Waals surface area contributed by atoms with Gasteiger partial charge in [-0.15, -0.1) is 0 Å². The van der Waals surface area contributed by atoms with Gasteiger partial charge >= 0.3 is 6.18 Å². The average molecular weight is 254 g/mol. The van der Waals surface area contributed by atoms with Crippen LogP contribution in [0.25, 0.3) is 0 Å². The quantitative estimate of drug-likeness (QED) is 0.882. The number of benzene rings is 1. The number of alkyl halides is 3. The molecule has 18 heavy (non-hydrogen) atoms. The zero-order chi connectivity index (χ0) is 13.2. The molecule has 0 saturated heterocycles. The van der Waals surface area contributed by atoms with E-state index in [1.165, 1.54) is 12.1 Å². The zero-order valence-electron chi connectivity index (χ0n) is 9.83. The van der Waals surface area contributed by atoms with Crippen LogP contribution in [0.3, 0.4) is 0 Å². The van der Waals surface area contributed by atoms with Gasteiger partial charge in [-0.1, -0.05) is 25.1 Å². The SMILES string of the molecule is CC[C@@H](c1cccc(C(F)(F)F)c1)c1ncc[nH]1. The molecule has 1 atom stereocenters. The summed E-state index contributed by atoms with van der Waals surface area (Å²) in [6.45, 7) is 1.92. The number of nitrogens with one attached hydrogen (secondary N) is 1. The summed E-state index contributed by atoms with van der Waals surface area (Å²) in [6, 6.07) is 5.41. The first-order valence-electron chi connectivity index (χ1n) is 5.68. The molecule has 0 spiro atoms. The molecule has 0 aliphatic carbocycles. The normalized spacial score (nSPS) is 13.6. The predicted molar refractivity (Wildman–Crippen MR) is 62.2 cm³/mol. The Kier molecular flexibility index (Phi) is 3.41. The highest BCUT2D eigenvalue weighted by molar-refractivity contribution is 5.31. The fourth-order valence-corrected chi connectivity index (χ4v) is 1.99. The van der Waals surface area contributed by atoms with Gasteiger partial charge in [0.15, 0.2) is 0 Å². The Labute approximate surface area is 103 Å². The van der Waals surface area contributed by atoms with Crippen molar-refractivity contribution in [1.82, 2.24) is 9.97 Å². The second-order valence-corrected chi connectivity index (χ2v) is 4.06. The molecule has 0 fully saturated rings. The molecule has 0 aliphatic rings. The van der Waals surface area contributed by atoms with Crippen LogP contribution in [0.15, 0.2) is 36.7 Å². The van der Waals surface area contributed by atoms with Crippen LogP contribution in [0.1, 0.15) is 36.2 Å². The largest absolute Gasteiger partial charge is 0.416 e. The summed E-state index contributed by atoms with van der Waals surface area (Å²) in [6.07, 6.45) is -0.344. The summed E-state index contributed by atoms with van der Waals surface area (Å²) in [5, 5.41) is 0. The predicted octanol–water partition coefficient (Wildman–Crippen LogP) is 3.97. The van der Waals surface area contributed by atoms with Gasteiger partial charge in [-0.05, 0) is 18.1 Å². The topological polar surface area (TPSA) is 28.7 Å². The van der Waals surface area contributed by atoms with Crippen molar-refractivity contribution < 1.29 is 13.2 Å². The van der Waals surface area contributed by atoms with Crippen molar-refractivity contribution in [1.29, 1.82) is 0 Å². The van der Waals surface area contributed by atoms with E-state index in [1.807, 2.05) is 6.92 Å². The van der Waals surface area contributed by atoms with Gasteiger partial charge in [0, 0.05) is 18.3 Å². The van der Waals surface area contributed by atoms with E-state index in [4.69, 9.17) is 0 Å². The number of hydrogen-bond donors (Lipinski definition) is 1. The minimum absolute atomic E-state index is 0.137. The number of nitrogens with zero attached hydrogens (tertiary/aromatic N) is 1. The van der Waals surface area contributed by atoms with E-state index >= 15 is 0 Å². The van der Waals surface area contributed by atoms with Crippen LogP contribution in [0.2, 0.25) is 0 Å². The van der Waals surface area contributed by atoms with Crippen LogP contribution in [-0.4, -0.2) is 9.97 Å². The van der Waals surface area contributed by atoms with Crippen molar-refractivity contribution in [2.45, 2.75) is 25.4 Å². The molecule has 0 unspecified atom stereocenters. The standard InChI is InChI=1S/C13H13F3N2/c1-2-11(12-17-6-7-18-12)9-4-3-5-10(8-9)13(14,15)16/h3-8,11H,2H2,1H3,(H,17,18)/t11-/m0/s1. The van der Waals surface area contributed by atoms with Crippen molar-refractivity contribution in [2.75, 3.05) is 0 Å². The maximum absolute atomic E-state index is 12.7. The first-order valence-corrected chi connectivity index (χ1v) is 5.68. The summed E-state index contributed by atoms with van der Waals surface area (Å²) in [5.41, 5.74) is 0.00674. The molecule has 2 nitrogen and oxygen atoms in total. The molecule has 1 aromatic heterocycles. The summed E-state index contributed by atoms with van der Waals surface area (Å²) >= 11 is 0. The summed E-state index contributed by atoms with van der Waals surface area (Å²) in [7, 11) is 0. The highest BCUT2D eigenvalue weighted by atomic mass is 19.4. The van der Waals surface area contributed by atoms with E-state index in [0.29, 0.717) is 17.8 Å². The van der Waals surface area contributed by atoms with Gasteiger partial charge in [0.25, 0.3) is 0 Å². The van der Waals surface area contributed by atoms with Crippen molar-refractivity contribution in [2.24, 2.45) is 0 Å². The van der Waals surface area contributed by atoms with Crippen LogP contribution in [0, 0.1) is 0 Å². The Hall–Kier alpha value is -1.78.